The molecule has 1 fully saturated rings. The number of hydrogen-bond acceptors (Lipinski definition) is 3. The van der Waals surface area contributed by atoms with Crippen LogP contribution in [0.4, 0.5) is 0 Å². The molecule has 5 heteroatoms. The summed E-state index contributed by atoms with van der Waals surface area (Å²) in [5, 5.41) is 8.86. The van der Waals surface area contributed by atoms with Gasteiger partial charge in [0.2, 0.25) is 5.91 Å². The summed E-state index contributed by atoms with van der Waals surface area (Å²) in [4.78, 5) is 24.5. The van der Waals surface area contributed by atoms with E-state index in [1.807, 2.05) is 13.8 Å². The van der Waals surface area contributed by atoms with E-state index in [9.17, 15) is 9.59 Å². The number of carboxylic acids is 1. The molecule has 5 nitrogen and oxygen atoms in total. The molecule has 0 aliphatic heterocycles. The molecule has 0 saturated heterocycles. The summed E-state index contributed by atoms with van der Waals surface area (Å²) >= 11 is 0. The summed E-state index contributed by atoms with van der Waals surface area (Å²) in [5.41, 5.74) is 5.90. The van der Waals surface area contributed by atoms with Crippen LogP contribution in [0.2, 0.25) is 0 Å². The molecule has 0 spiro atoms. The van der Waals surface area contributed by atoms with Gasteiger partial charge in [0.1, 0.15) is 6.54 Å². The van der Waals surface area contributed by atoms with Crippen molar-refractivity contribution in [1.82, 2.24) is 4.90 Å². The van der Waals surface area contributed by atoms with E-state index >= 15 is 0 Å². The molecule has 1 amide bonds. The van der Waals surface area contributed by atoms with Crippen LogP contribution in [-0.2, 0) is 9.59 Å². The lowest BCUT2D eigenvalue weighted by molar-refractivity contribution is -0.148. The van der Waals surface area contributed by atoms with Gasteiger partial charge in [-0.2, -0.15) is 0 Å². The fourth-order valence-electron chi connectivity index (χ4n) is 2.33. The Hall–Kier alpha value is -1.10. The average molecular weight is 242 g/mol. The second-order valence-electron chi connectivity index (χ2n) is 4.82. The van der Waals surface area contributed by atoms with Gasteiger partial charge in [0.25, 0.3) is 0 Å². The highest BCUT2D eigenvalue weighted by Crippen LogP contribution is 2.26. The van der Waals surface area contributed by atoms with Crippen LogP contribution in [0.1, 0.15) is 39.5 Å². The predicted molar refractivity (Wildman–Crippen MR) is 64.4 cm³/mol. The van der Waals surface area contributed by atoms with Gasteiger partial charge in [-0.3, -0.25) is 9.59 Å². The summed E-state index contributed by atoms with van der Waals surface area (Å²) in [6.45, 7) is 3.60. The number of amides is 1. The second kappa shape index (κ2) is 6.00. The Morgan fingerprint density at radius 1 is 1.47 bits per heavy atom. The quantitative estimate of drug-likeness (QED) is 0.747. The van der Waals surface area contributed by atoms with E-state index < -0.39 is 5.97 Å². The first kappa shape index (κ1) is 14.0. The third kappa shape index (κ3) is 3.43. The predicted octanol–water partition coefficient (Wildman–Crippen LogP) is 0.825. The maximum Gasteiger partial charge on any atom is 0.323 e. The molecule has 17 heavy (non-hydrogen) atoms. The van der Waals surface area contributed by atoms with E-state index in [1.165, 1.54) is 4.90 Å². The highest BCUT2D eigenvalue weighted by atomic mass is 16.4. The Labute approximate surface area is 102 Å². The highest BCUT2D eigenvalue weighted by molar-refractivity contribution is 5.84. The fourth-order valence-corrected chi connectivity index (χ4v) is 2.33. The third-order valence-corrected chi connectivity index (χ3v) is 3.60. The topological polar surface area (TPSA) is 83.6 Å². The van der Waals surface area contributed by atoms with Crippen LogP contribution < -0.4 is 5.73 Å². The van der Waals surface area contributed by atoms with Gasteiger partial charge in [-0.15, -0.1) is 0 Å². The number of nitrogens with two attached hydrogens (primary N) is 1. The minimum atomic E-state index is -0.967. The van der Waals surface area contributed by atoms with Crippen LogP contribution in [-0.4, -0.2) is 40.5 Å². The number of carboxylic acid groups (broad SMARTS) is 1. The molecule has 3 unspecified atom stereocenters. The minimum Gasteiger partial charge on any atom is -0.480 e. The lowest BCUT2D eigenvalue weighted by atomic mass is 10.0. The zero-order valence-corrected chi connectivity index (χ0v) is 10.6. The van der Waals surface area contributed by atoms with Gasteiger partial charge in [0.05, 0.1) is 5.92 Å². The number of carbonyl (C=O) groups is 2. The van der Waals surface area contributed by atoms with E-state index in [4.69, 9.17) is 10.8 Å². The molecule has 1 aliphatic carbocycles. The van der Waals surface area contributed by atoms with Gasteiger partial charge in [-0.05, 0) is 26.2 Å². The number of hydrogen-bond donors (Lipinski definition) is 2. The maximum absolute atomic E-state index is 12.3. The molecule has 3 atom stereocenters. The molecule has 3 N–H and O–H groups in total. The number of rotatable bonds is 5. The normalized spacial score (nSPS) is 25.6. The third-order valence-electron chi connectivity index (χ3n) is 3.60. The highest BCUT2D eigenvalue weighted by Gasteiger charge is 2.35. The Bertz CT molecular complexity index is 293. The number of aliphatic carboxylic acids is 1. The summed E-state index contributed by atoms with van der Waals surface area (Å²) in [6, 6.07) is -0.158. The van der Waals surface area contributed by atoms with Gasteiger partial charge >= 0.3 is 5.97 Å². The van der Waals surface area contributed by atoms with E-state index in [0.717, 1.165) is 25.7 Å². The lowest BCUT2D eigenvalue weighted by Gasteiger charge is -2.30. The molecule has 0 aromatic heterocycles. The van der Waals surface area contributed by atoms with Crippen LogP contribution in [0.3, 0.4) is 0 Å². The first-order chi connectivity index (χ1) is 7.97. The molecule has 0 heterocycles. The Morgan fingerprint density at radius 2 is 2.12 bits per heavy atom. The monoisotopic (exact) mass is 242 g/mol. The van der Waals surface area contributed by atoms with Gasteiger partial charge in [-0.1, -0.05) is 13.3 Å². The van der Waals surface area contributed by atoms with Gasteiger partial charge in [0, 0.05) is 12.1 Å². The molecule has 0 aromatic carbocycles. The molecular weight excluding hydrogens is 220 g/mol. The zero-order valence-electron chi connectivity index (χ0n) is 10.6. The molecule has 0 radical (unpaired) electrons. The average Bonchev–Trinajstić information content (AvgIpc) is 2.70. The SMILES string of the molecule is CCC(C)N(CC(=O)O)C(=O)C1CCCC1N. The van der Waals surface area contributed by atoms with Crippen LogP contribution in [0, 0.1) is 5.92 Å². The first-order valence-corrected chi connectivity index (χ1v) is 6.25. The smallest absolute Gasteiger partial charge is 0.323 e. The molecule has 98 valence electrons. The van der Waals surface area contributed by atoms with Crippen LogP contribution >= 0.6 is 0 Å². The maximum atomic E-state index is 12.3. The molecule has 1 saturated carbocycles. The lowest BCUT2D eigenvalue weighted by Crippen LogP contribution is -2.47. The standard InChI is InChI=1S/C12H22N2O3/c1-3-8(2)14(7-11(15)16)12(17)9-5-4-6-10(9)13/h8-10H,3-7,13H2,1-2H3,(H,15,16). The van der Waals surface area contributed by atoms with Crippen molar-refractivity contribution < 1.29 is 14.7 Å². The van der Waals surface area contributed by atoms with E-state index in [-0.39, 0.29) is 30.5 Å². The Balaban J connectivity index is 2.74. The van der Waals surface area contributed by atoms with Crippen molar-refractivity contribution in [2.75, 3.05) is 6.54 Å². The largest absolute Gasteiger partial charge is 0.480 e. The van der Waals surface area contributed by atoms with Crippen molar-refractivity contribution in [3.05, 3.63) is 0 Å². The van der Waals surface area contributed by atoms with Crippen molar-refractivity contribution in [2.45, 2.75) is 51.6 Å². The van der Waals surface area contributed by atoms with Crippen LogP contribution in [0.15, 0.2) is 0 Å². The van der Waals surface area contributed by atoms with Gasteiger partial charge < -0.3 is 15.7 Å². The van der Waals surface area contributed by atoms with Crippen molar-refractivity contribution >= 4 is 11.9 Å². The second-order valence-corrected chi connectivity index (χ2v) is 4.82. The molecule has 0 bridgehead atoms. The van der Waals surface area contributed by atoms with E-state index in [1.54, 1.807) is 0 Å². The van der Waals surface area contributed by atoms with Crippen molar-refractivity contribution in [3.8, 4) is 0 Å². The minimum absolute atomic E-state index is 0.0496. The van der Waals surface area contributed by atoms with Crippen molar-refractivity contribution in [1.29, 1.82) is 0 Å². The summed E-state index contributed by atoms with van der Waals surface area (Å²) in [6.07, 6.45) is 3.35. The number of carbonyl (C=O) groups excluding carboxylic acids is 1. The number of nitrogens with zero attached hydrogens (tertiary/aromatic N) is 1. The van der Waals surface area contributed by atoms with Crippen LogP contribution in [0.25, 0.3) is 0 Å². The molecule has 1 rings (SSSR count). The molecule has 0 aromatic rings. The summed E-state index contributed by atoms with van der Waals surface area (Å²) in [7, 11) is 0. The van der Waals surface area contributed by atoms with Crippen molar-refractivity contribution in [2.24, 2.45) is 11.7 Å². The first-order valence-electron chi connectivity index (χ1n) is 6.25. The zero-order chi connectivity index (χ0) is 13.0. The molecular formula is C12H22N2O3. The Kier molecular flexibility index (Phi) is 4.93. The van der Waals surface area contributed by atoms with Crippen molar-refractivity contribution in [3.63, 3.8) is 0 Å². The van der Waals surface area contributed by atoms with Gasteiger partial charge in [-0.25, -0.2) is 0 Å². The van der Waals surface area contributed by atoms with Crippen LogP contribution in [0.5, 0.6) is 0 Å². The van der Waals surface area contributed by atoms with E-state index in [2.05, 4.69) is 0 Å². The molecule has 1 aliphatic rings. The van der Waals surface area contributed by atoms with Gasteiger partial charge in [0.15, 0.2) is 0 Å². The van der Waals surface area contributed by atoms with E-state index in [0.29, 0.717) is 0 Å². The Morgan fingerprint density at radius 3 is 2.53 bits per heavy atom. The summed E-state index contributed by atoms with van der Waals surface area (Å²) < 4.78 is 0. The summed E-state index contributed by atoms with van der Waals surface area (Å²) in [5.74, 6) is -1.25. The fraction of sp³-hybridized carbons (Fsp3) is 0.833.